The number of rotatable bonds is 3. The highest BCUT2D eigenvalue weighted by molar-refractivity contribution is 14.1. The number of hydrogen-bond donors (Lipinski definition) is 1. The molecular weight excluding hydrogens is 331 g/mol. The normalized spacial score (nSPS) is 10.2. The molecule has 0 saturated heterocycles. The fourth-order valence-electron chi connectivity index (χ4n) is 1.44. The van der Waals surface area contributed by atoms with Crippen LogP contribution in [0.2, 0.25) is 0 Å². The van der Waals surface area contributed by atoms with E-state index in [0.29, 0.717) is 18.0 Å². The Hall–Kier alpha value is -1.37. The minimum atomic E-state index is -0.0969. The van der Waals surface area contributed by atoms with Crippen molar-refractivity contribution in [3.8, 4) is 0 Å². The lowest BCUT2D eigenvalue weighted by molar-refractivity contribution is -0.115. The van der Waals surface area contributed by atoms with Crippen LogP contribution in [0, 0.1) is 10.5 Å². The molecule has 1 aromatic heterocycles. The predicted molar refractivity (Wildman–Crippen MR) is 72.7 cm³/mol. The van der Waals surface area contributed by atoms with Crippen LogP contribution in [0.15, 0.2) is 34.9 Å². The van der Waals surface area contributed by atoms with Crippen molar-refractivity contribution in [2.24, 2.45) is 0 Å². The molecule has 4 nitrogen and oxygen atoms in total. The van der Waals surface area contributed by atoms with Gasteiger partial charge in [-0.3, -0.25) is 4.79 Å². The molecule has 0 bridgehead atoms. The Labute approximate surface area is 113 Å². The maximum atomic E-state index is 11.7. The summed E-state index contributed by atoms with van der Waals surface area (Å²) in [6, 6.07) is 9.52. The van der Waals surface area contributed by atoms with Gasteiger partial charge in [-0.2, -0.15) is 0 Å². The van der Waals surface area contributed by atoms with E-state index < -0.39 is 0 Å². The number of hydrogen-bond acceptors (Lipinski definition) is 3. The van der Waals surface area contributed by atoms with Gasteiger partial charge in [-0.05, 0) is 47.2 Å². The lowest BCUT2D eigenvalue weighted by Gasteiger charge is -2.02. The van der Waals surface area contributed by atoms with E-state index in [2.05, 4.69) is 33.1 Å². The van der Waals surface area contributed by atoms with Crippen molar-refractivity contribution in [1.29, 1.82) is 0 Å². The molecule has 0 spiro atoms. The van der Waals surface area contributed by atoms with Crippen LogP contribution in [0.5, 0.6) is 0 Å². The number of nitrogens with zero attached hydrogens (tertiary/aromatic N) is 1. The van der Waals surface area contributed by atoms with E-state index in [0.717, 1.165) is 9.13 Å². The molecule has 1 aromatic carbocycles. The molecule has 1 N–H and O–H groups in total. The average Bonchev–Trinajstić information content (AvgIpc) is 2.63. The van der Waals surface area contributed by atoms with Crippen molar-refractivity contribution in [2.75, 3.05) is 5.32 Å². The van der Waals surface area contributed by atoms with Crippen molar-refractivity contribution in [3.63, 3.8) is 0 Å². The van der Waals surface area contributed by atoms with Crippen LogP contribution < -0.4 is 5.32 Å². The maximum absolute atomic E-state index is 11.7. The first-order valence-electron chi connectivity index (χ1n) is 5.11. The second-order valence-electron chi connectivity index (χ2n) is 3.68. The molecule has 2 rings (SSSR count). The number of carbonyl (C=O) groups is 1. The summed E-state index contributed by atoms with van der Waals surface area (Å²) in [5, 5.41) is 6.39. The number of carbonyl (C=O) groups excluding carboxylic acids is 1. The summed E-state index contributed by atoms with van der Waals surface area (Å²) in [6.45, 7) is 1.78. The Kier molecular flexibility index (Phi) is 3.78. The summed E-state index contributed by atoms with van der Waals surface area (Å²) in [5.41, 5.74) is 0.981. The summed E-state index contributed by atoms with van der Waals surface area (Å²) >= 11 is 2.22. The fourth-order valence-corrected chi connectivity index (χ4v) is 2.05. The Morgan fingerprint density at radius 2 is 2.29 bits per heavy atom. The van der Waals surface area contributed by atoms with Crippen molar-refractivity contribution >= 4 is 34.3 Å². The van der Waals surface area contributed by atoms with Crippen LogP contribution >= 0.6 is 22.6 Å². The monoisotopic (exact) mass is 342 g/mol. The molecular formula is C12H11IN2O2. The Morgan fingerprint density at radius 3 is 2.94 bits per heavy atom. The van der Waals surface area contributed by atoms with Crippen molar-refractivity contribution < 1.29 is 9.32 Å². The second kappa shape index (κ2) is 5.31. The molecule has 0 aliphatic carbocycles. The lowest BCUT2D eigenvalue weighted by atomic mass is 10.1. The number of anilines is 1. The molecule has 2 aromatic rings. The zero-order valence-corrected chi connectivity index (χ0v) is 11.4. The third-order valence-electron chi connectivity index (χ3n) is 2.15. The van der Waals surface area contributed by atoms with E-state index >= 15 is 0 Å². The number of benzene rings is 1. The molecule has 0 saturated carbocycles. The van der Waals surface area contributed by atoms with Gasteiger partial charge >= 0.3 is 0 Å². The van der Waals surface area contributed by atoms with Crippen LogP contribution in [0.1, 0.15) is 11.3 Å². The smallest absolute Gasteiger partial charge is 0.230 e. The number of aryl methyl sites for hydroxylation is 1. The summed E-state index contributed by atoms with van der Waals surface area (Å²) < 4.78 is 5.98. The summed E-state index contributed by atoms with van der Waals surface area (Å²) in [5.74, 6) is 1.04. The van der Waals surface area contributed by atoms with Crippen molar-refractivity contribution in [1.82, 2.24) is 5.16 Å². The van der Waals surface area contributed by atoms with Crippen LogP contribution in [-0.4, -0.2) is 11.1 Å². The van der Waals surface area contributed by atoms with E-state index in [1.165, 1.54) is 0 Å². The van der Waals surface area contributed by atoms with Gasteiger partial charge in [0.1, 0.15) is 5.76 Å². The van der Waals surface area contributed by atoms with Crippen LogP contribution in [0.25, 0.3) is 0 Å². The lowest BCUT2D eigenvalue weighted by Crippen LogP contribution is -2.14. The molecule has 1 heterocycles. The molecule has 88 valence electrons. The van der Waals surface area contributed by atoms with Gasteiger partial charge in [0.25, 0.3) is 0 Å². The van der Waals surface area contributed by atoms with Crippen molar-refractivity contribution in [3.05, 3.63) is 45.2 Å². The minimum absolute atomic E-state index is 0.0969. The SMILES string of the molecule is Cc1cc(NC(=O)Cc2cccc(I)c2)no1. The second-order valence-corrected chi connectivity index (χ2v) is 4.92. The molecule has 0 aliphatic heterocycles. The van der Waals surface area contributed by atoms with Crippen LogP contribution in [-0.2, 0) is 11.2 Å². The highest BCUT2D eigenvalue weighted by Crippen LogP contribution is 2.10. The van der Waals surface area contributed by atoms with Gasteiger partial charge in [-0.25, -0.2) is 0 Å². The molecule has 17 heavy (non-hydrogen) atoms. The molecule has 0 unspecified atom stereocenters. The zero-order valence-electron chi connectivity index (χ0n) is 9.24. The van der Waals surface area contributed by atoms with Gasteiger partial charge < -0.3 is 9.84 Å². The largest absolute Gasteiger partial charge is 0.360 e. The highest BCUT2D eigenvalue weighted by atomic mass is 127. The number of halogens is 1. The minimum Gasteiger partial charge on any atom is -0.360 e. The summed E-state index contributed by atoms with van der Waals surface area (Å²) in [7, 11) is 0. The molecule has 1 amide bonds. The maximum Gasteiger partial charge on any atom is 0.230 e. The molecule has 0 radical (unpaired) electrons. The first kappa shape index (κ1) is 12.1. The van der Waals surface area contributed by atoms with E-state index in [1.807, 2.05) is 24.3 Å². The van der Waals surface area contributed by atoms with Crippen LogP contribution in [0.4, 0.5) is 5.82 Å². The quantitative estimate of drug-likeness (QED) is 0.873. The fraction of sp³-hybridized carbons (Fsp3) is 0.167. The van der Waals surface area contributed by atoms with Gasteiger partial charge in [0.2, 0.25) is 5.91 Å². The topological polar surface area (TPSA) is 55.1 Å². The molecule has 0 fully saturated rings. The summed E-state index contributed by atoms with van der Waals surface area (Å²) in [4.78, 5) is 11.7. The number of aromatic nitrogens is 1. The summed E-state index contributed by atoms with van der Waals surface area (Å²) in [6.07, 6.45) is 0.336. The third-order valence-corrected chi connectivity index (χ3v) is 2.82. The molecule has 5 heteroatoms. The molecule has 0 atom stereocenters. The van der Waals surface area contributed by atoms with Crippen molar-refractivity contribution in [2.45, 2.75) is 13.3 Å². The first-order chi connectivity index (χ1) is 8.13. The van der Waals surface area contributed by atoms with E-state index in [4.69, 9.17) is 4.52 Å². The van der Waals surface area contributed by atoms with E-state index in [1.54, 1.807) is 13.0 Å². The van der Waals surface area contributed by atoms with Gasteiger partial charge in [0.05, 0.1) is 6.42 Å². The first-order valence-corrected chi connectivity index (χ1v) is 6.19. The van der Waals surface area contributed by atoms with E-state index in [-0.39, 0.29) is 5.91 Å². The standard InChI is InChI=1S/C12H11IN2O2/c1-8-5-11(15-17-8)14-12(16)7-9-3-2-4-10(13)6-9/h2-6H,7H2,1H3,(H,14,15,16). The number of amides is 1. The highest BCUT2D eigenvalue weighted by Gasteiger charge is 2.07. The Bertz CT molecular complexity index is 537. The predicted octanol–water partition coefficient (Wildman–Crippen LogP) is 2.77. The Morgan fingerprint density at radius 1 is 1.47 bits per heavy atom. The van der Waals surface area contributed by atoms with Gasteiger partial charge in [-0.15, -0.1) is 0 Å². The van der Waals surface area contributed by atoms with Crippen LogP contribution in [0.3, 0.4) is 0 Å². The van der Waals surface area contributed by atoms with Gasteiger partial charge in [0.15, 0.2) is 5.82 Å². The number of nitrogens with one attached hydrogen (secondary N) is 1. The third kappa shape index (κ3) is 3.55. The average molecular weight is 342 g/mol. The molecule has 0 aliphatic rings. The zero-order chi connectivity index (χ0) is 12.3. The van der Waals surface area contributed by atoms with Gasteiger partial charge in [-0.1, -0.05) is 17.3 Å². The van der Waals surface area contributed by atoms with E-state index in [9.17, 15) is 4.79 Å². The van der Waals surface area contributed by atoms with Gasteiger partial charge in [0, 0.05) is 9.64 Å². The Balaban J connectivity index is 1.98.